The largest absolute Gasteiger partial charge is 0.322 e. The van der Waals surface area contributed by atoms with Crippen molar-refractivity contribution in [2.45, 2.75) is 31.2 Å². The third-order valence-electron chi connectivity index (χ3n) is 2.93. The lowest BCUT2D eigenvalue weighted by atomic mass is 10.1. The van der Waals surface area contributed by atoms with Crippen molar-refractivity contribution < 1.29 is 13.2 Å². The minimum Gasteiger partial charge on any atom is -0.322 e. The smallest absolute Gasteiger partial charge is 0.255 e. The number of rotatable bonds is 4. The van der Waals surface area contributed by atoms with Crippen molar-refractivity contribution in [3.63, 3.8) is 0 Å². The molecular weight excluding hydrogens is 392 g/mol. The molecule has 7 heteroatoms. The standard InChI is InChI=1S/C17H19BrN2O3S/c1-17(2,3)20-24(22,23)15-9-4-6-12(10-15)16(21)19-14-8-5-7-13(18)11-14/h4-11,20H,1-3H3,(H,19,21). The molecule has 2 aromatic carbocycles. The highest BCUT2D eigenvalue weighted by Gasteiger charge is 2.22. The second-order valence-corrected chi connectivity index (χ2v) is 8.95. The van der Waals surface area contributed by atoms with Crippen molar-refractivity contribution in [2.75, 3.05) is 5.32 Å². The lowest BCUT2D eigenvalue weighted by molar-refractivity contribution is 0.102. The molecular formula is C17H19BrN2O3S. The van der Waals surface area contributed by atoms with Gasteiger partial charge < -0.3 is 5.32 Å². The summed E-state index contributed by atoms with van der Waals surface area (Å²) >= 11 is 3.34. The first-order valence-corrected chi connectivity index (χ1v) is 9.55. The Morgan fingerprint density at radius 1 is 1.04 bits per heavy atom. The Labute approximate surface area is 150 Å². The van der Waals surface area contributed by atoms with Crippen LogP contribution in [0.1, 0.15) is 31.1 Å². The molecule has 0 saturated carbocycles. The molecule has 0 radical (unpaired) electrons. The van der Waals surface area contributed by atoms with E-state index in [9.17, 15) is 13.2 Å². The highest BCUT2D eigenvalue weighted by atomic mass is 79.9. The third kappa shape index (κ3) is 5.15. The molecule has 1 amide bonds. The number of carbonyl (C=O) groups excluding carboxylic acids is 1. The number of anilines is 1. The van der Waals surface area contributed by atoms with E-state index in [1.165, 1.54) is 12.1 Å². The number of hydrogen-bond acceptors (Lipinski definition) is 3. The van der Waals surface area contributed by atoms with Crippen LogP contribution in [0, 0.1) is 0 Å². The summed E-state index contributed by atoms with van der Waals surface area (Å²) in [6, 6.07) is 13.1. The molecule has 0 fully saturated rings. The summed E-state index contributed by atoms with van der Waals surface area (Å²) in [6.45, 7) is 5.27. The summed E-state index contributed by atoms with van der Waals surface area (Å²) < 4.78 is 28.2. The van der Waals surface area contributed by atoms with Crippen molar-refractivity contribution in [1.29, 1.82) is 0 Å². The summed E-state index contributed by atoms with van der Waals surface area (Å²) in [4.78, 5) is 12.4. The topological polar surface area (TPSA) is 75.3 Å². The summed E-state index contributed by atoms with van der Waals surface area (Å²) in [6.07, 6.45) is 0. The van der Waals surface area contributed by atoms with Gasteiger partial charge in [-0.2, -0.15) is 0 Å². The fraction of sp³-hybridized carbons (Fsp3) is 0.235. The van der Waals surface area contributed by atoms with Gasteiger partial charge in [0.05, 0.1) is 4.90 Å². The van der Waals surface area contributed by atoms with Gasteiger partial charge in [-0.25, -0.2) is 13.1 Å². The first-order chi connectivity index (χ1) is 11.1. The van der Waals surface area contributed by atoms with E-state index >= 15 is 0 Å². The van der Waals surface area contributed by atoms with Gasteiger partial charge in [0.1, 0.15) is 0 Å². The fourth-order valence-electron chi connectivity index (χ4n) is 2.04. The molecule has 0 unspecified atom stereocenters. The molecule has 2 N–H and O–H groups in total. The van der Waals surface area contributed by atoms with Crippen LogP contribution >= 0.6 is 15.9 Å². The van der Waals surface area contributed by atoms with E-state index in [1.807, 2.05) is 6.07 Å². The normalized spacial score (nSPS) is 12.0. The van der Waals surface area contributed by atoms with Crippen LogP contribution in [0.15, 0.2) is 57.9 Å². The number of hydrogen-bond donors (Lipinski definition) is 2. The van der Waals surface area contributed by atoms with Crippen molar-refractivity contribution in [3.8, 4) is 0 Å². The Hall–Kier alpha value is -1.70. The molecule has 0 aliphatic heterocycles. The number of benzene rings is 2. The number of amides is 1. The molecule has 2 aromatic rings. The maximum Gasteiger partial charge on any atom is 0.255 e. The maximum absolute atomic E-state index is 12.4. The molecule has 0 aliphatic carbocycles. The van der Waals surface area contributed by atoms with Gasteiger partial charge in [-0.3, -0.25) is 4.79 Å². The van der Waals surface area contributed by atoms with Crippen molar-refractivity contribution in [2.24, 2.45) is 0 Å². The Morgan fingerprint density at radius 3 is 2.33 bits per heavy atom. The number of nitrogens with one attached hydrogen (secondary N) is 2. The van der Waals surface area contributed by atoms with E-state index in [4.69, 9.17) is 0 Å². The monoisotopic (exact) mass is 410 g/mol. The predicted octanol–water partition coefficient (Wildman–Crippen LogP) is 3.78. The predicted molar refractivity (Wildman–Crippen MR) is 98.6 cm³/mol. The number of halogens is 1. The molecule has 0 spiro atoms. The van der Waals surface area contributed by atoms with Crippen LogP contribution < -0.4 is 10.0 Å². The molecule has 0 saturated heterocycles. The van der Waals surface area contributed by atoms with Gasteiger partial charge in [-0.1, -0.05) is 28.1 Å². The van der Waals surface area contributed by atoms with Crippen LogP contribution in [0.25, 0.3) is 0 Å². The van der Waals surface area contributed by atoms with Gasteiger partial charge >= 0.3 is 0 Å². The Bertz CT molecular complexity index is 858. The lowest BCUT2D eigenvalue weighted by Crippen LogP contribution is -2.40. The SMILES string of the molecule is CC(C)(C)NS(=O)(=O)c1cccc(C(=O)Nc2cccc(Br)c2)c1. The van der Waals surface area contributed by atoms with Crippen molar-refractivity contribution >= 4 is 37.5 Å². The molecule has 24 heavy (non-hydrogen) atoms. The third-order valence-corrected chi connectivity index (χ3v) is 5.18. The molecule has 2 rings (SSSR count). The van der Waals surface area contributed by atoms with Crippen LogP contribution in [0.5, 0.6) is 0 Å². The summed E-state index contributed by atoms with van der Waals surface area (Å²) in [5.41, 5.74) is 0.287. The average molecular weight is 411 g/mol. The van der Waals surface area contributed by atoms with E-state index in [1.54, 1.807) is 51.1 Å². The highest BCUT2D eigenvalue weighted by Crippen LogP contribution is 2.18. The van der Waals surface area contributed by atoms with E-state index in [2.05, 4.69) is 26.0 Å². The van der Waals surface area contributed by atoms with Gasteiger partial charge in [0.15, 0.2) is 0 Å². The van der Waals surface area contributed by atoms with E-state index in [-0.39, 0.29) is 16.4 Å². The molecule has 0 bridgehead atoms. The number of carbonyl (C=O) groups is 1. The second-order valence-electron chi connectivity index (χ2n) is 6.35. The summed E-state index contributed by atoms with van der Waals surface area (Å²) in [7, 11) is -3.69. The molecule has 0 aliphatic rings. The Morgan fingerprint density at radius 2 is 1.71 bits per heavy atom. The van der Waals surface area contributed by atoms with Crippen molar-refractivity contribution in [1.82, 2.24) is 4.72 Å². The van der Waals surface area contributed by atoms with E-state index < -0.39 is 15.6 Å². The van der Waals surface area contributed by atoms with E-state index in [0.717, 1.165) is 4.47 Å². The summed E-state index contributed by atoms with van der Waals surface area (Å²) in [5, 5.41) is 2.74. The molecule has 128 valence electrons. The lowest BCUT2D eigenvalue weighted by Gasteiger charge is -2.20. The van der Waals surface area contributed by atoms with Gasteiger partial charge in [-0.05, 0) is 57.2 Å². The van der Waals surface area contributed by atoms with Crippen LogP contribution in [-0.2, 0) is 10.0 Å². The second kappa shape index (κ2) is 7.04. The molecule has 0 aromatic heterocycles. The minimum absolute atomic E-state index is 0.0549. The quantitative estimate of drug-likeness (QED) is 0.804. The van der Waals surface area contributed by atoms with Gasteiger partial charge in [-0.15, -0.1) is 0 Å². The van der Waals surface area contributed by atoms with Gasteiger partial charge in [0.2, 0.25) is 10.0 Å². The van der Waals surface area contributed by atoms with Crippen LogP contribution in [0.3, 0.4) is 0 Å². The van der Waals surface area contributed by atoms with E-state index in [0.29, 0.717) is 5.69 Å². The Balaban J connectivity index is 2.25. The van der Waals surface area contributed by atoms with Crippen LogP contribution in [-0.4, -0.2) is 19.9 Å². The molecule has 5 nitrogen and oxygen atoms in total. The van der Waals surface area contributed by atoms with Crippen LogP contribution in [0.4, 0.5) is 5.69 Å². The minimum atomic E-state index is -3.69. The first kappa shape index (κ1) is 18.6. The van der Waals surface area contributed by atoms with Gasteiger partial charge in [0.25, 0.3) is 5.91 Å². The highest BCUT2D eigenvalue weighted by molar-refractivity contribution is 9.10. The molecule has 0 atom stereocenters. The zero-order valence-electron chi connectivity index (χ0n) is 13.6. The zero-order chi connectivity index (χ0) is 18.0. The zero-order valence-corrected chi connectivity index (χ0v) is 16.0. The van der Waals surface area contributed by atoms with Crippen LogP contribution in [0.2, 0.25) is 0 Å². The number of sulfonamides is 1. The average Bonchev–Trinajstić information content (AvgIpc) is 2.45. The summed E-state index contributed by atoms with van der Waals surface area (Å²) in [5.74, 6) is -0.374. The molecule has 0 heterocycles. The Kier molecular flexibility index (Phi) is 5.47. The fourth-order valence-corrected chi connectivity index (χ4v) is 3.90. The first-order valence-electron chi connectivity index (χ1n) is 7.28. The van der Waals surface area contributed by atoms with Gasteiger partial charge in [0, 0.05) is 21.3 Å². The van der Waals surface area contributed by atoms with Crippen molar-refractivity contribution in [3.05, 3.63) is 58.6 Å². The maximum atomic E-state index is 12.4.